The third kappa shape index (κ3) is 4.04. The first-order valence-electron chi connectivity index (χ1n) is 7.33. The molecule has 0 aromatic heterocycles. The van der Waals surface area contributed by atoms with Crippen molar-refractivity contribution in [2.75, 3.05) is 19.6 Å². The maximum atomic E-state index is 13.1. The van der Waals surface area contributed by atoms with Crippen LogP contribution in [-0.2, 0) is 14.8 Å². The van der Waals surface area contributed by atoms with Gasteiger partial charge in [0.2, 0.25) is 15.9 Å². The number of aryl methyl sites for hydroxylation is 1. The summed E-state index contributed by atoms with van der Waals surface area (Å²) >= 11 is 0. The second-order valence-corrected chi connectivity index (χ2v) is 7.56. The molecule has 1 aliphatic heterocycles. The predicted octanol–water partition coefficient (Wildman–Crippen LogP) is 1.67. The maximum Gasteiger partial charge on any atom is 0.241 e. The molecule has 0 bridgehead atoms. The van der Waals surface area contributed by atoms with Gasteiger partial charge in [0.25, 0.3) is 0 Å². The summed E-state index contributed by atoms with van der Waals surface area (Å²) in [5.74, 6) is -0.279. The van der Waals surface area contributed by atoms with E-state index in [0.717, 1.165) is 25.0 Å². The number of hydrogen-bond donors (Lipinski definition) is 1. The fraction of sp³-hybridized carbons (Fsp3) is 0.533. The lowest BCUT2D eigenvalue weighted by Gasteiger charge is -2.31. The predicted molar refractivity (Wildman–Crippen MR) is 81.3 cm³/mol. The Bertz CT molecular complexity index is 661. The van der Waals surface area contributed by atoms with Gasteiger partial charge in [-0.1, -0.05) is 6.92 Å². The SMILES string of the molecule is Cc1cc(F)ccc1S(=O)(=O)NCC(=O)N1CCCC(C)C1. The summed E-state index contributed by atoms with van der Waals surface area (Å²) in [6.45, 7) is 4.65. The van der Waals surface area contributed by atoms with Gasteiger partial charge in [-0.05, 0) is 49.4 Å². The van der Waals surface area contributed by atoms with Crippen molar-refractivity contribution < 1.29 is 17.6 Å². The molecule has 7 heteroatoms. The lowest BCUT2D eigenvalue weighted by atomic mass is 10.0. The number of halogens is 1. The Morgan fingerprint density at radius 1 is 1.45 bits per heavy atom. The summed E-state index contributed by atoms with van der Waals surface area (Å²) in [4.78, 5) is 13.8. The standard InChI is InChI=1S/C15H21FN2O3S/c1-11-4-3-7-18(10-11)15(19)9-17-22(20,21)14-6-5-13(16)8-12(14)2/h5-6,8,11,17H,3-4,7,9-10H2,1-2H3. The maximum absolute atomic E-state index is 13.1. The van der Waals surface area contributed by atoms with Gasteiger partial charge in [0.05, 0.1) is 11.4 Å². The van der Waals surface area contributed by atoms with Crippen LogP contribution in [-0.4, -0.2) is 38.9 Å². The summed E-state index contributed by atoms with van der Waals surface area (Å²) in [5, 5.41) is 0. The summed E-state index contributed by atoms with van der Waals surface area (Å²) < 4.78 is 39.8. The number of rotatable bonds is 4. The number of benzene rings is 1. The highest BCUT2D eigenvalue weighted by atomic mass is 32.2. The molecule has 1 heterocycles. The van der Waals surface area contributed by atoms with Crippen molar-refractivity contribution in [3.8, 4) is 0 Å². The monoisotopic (exact) mass is 328 g/mol. The van der Waals surface area contributed by atoms with Crippen molar-refractivity contribution in [2.24, 2.45) is 5.92 Å². The van der Waals surface area contributed by atoms with Crippen molar-refractivity contribution in [2.45, 2.75) is 31.6 Å². The van der Waals surface area contributed by atoms with E-state index < -0.39 is 15.8 Å². The molecule has 0 aliphatic carbocycles. The topological polar surface area (TPSA) is 66.5 Å². The Balaban J connectivity index is 2.01. The molecule has 1 amide bonds. The average molecular weight is 328 g/mol. The molecular weight excluding hydrogens is 307 g/mol. The van der Waals surface area contributed by atoms with E-state index in [1.54, 1.807) is 4.90 Å². The molecule has 0 radical (unpaired) electrons. The fourth-order valence-corrected chi connectivity index (χ4v) is 3.88. The zero-order valence-corrected chi connectivity index (χ0v) is 13.6. The van der Waals surface area contributed by atoms with Gasteiger partial charge in [0, 0.05) is 13.1 Å². The van der Waals surface area contributed by atoms with Crippen LogP contribution >= 0.6 is 0 Å². The Hall–Kier alpha value is -1.47. The van der Waals surface area contributed by atoms with E-state index in [1.807, 2.05) is 0 Å². The summed E-state index contributed by atoms with van der Waals surface area (Å²) in [7, 11) is -3.82. The Morgan fingerprint density at radius 3 is 2.82 bits per heavy atom. The van der Waals surface area contributed by atoms with E-state index in [0.29, 0.717) is 24.6 Å². The first kappa shape index (κ1) is 16.9. The lowest BCUT2D eigenvalue weighted by Crippen LogP contribution is -2.44. The number of nitrogens with zero attached hydrogens (tertiary/aromatic N) is 1. The molecule has 0 saturated carbocycles. The highest BCUT2D eigenvalue weighted by molar-refractivity contribution is 7.89. The number of carbonyl (C=O) groups is 1. The van der Waals surface area contributed by atoms with Crippen LogP contribution in [0.4, 0.5) is 4.39 Å². The van der Waals surface area contributed by atoms with Crippen LogP contribution in [0.3, 0.4) is 0 Å². The van der Waals surface area contributed by atoms with E-state index in [9.17, 15) is 17.6 Å². The Morgan fingerprint density at radius 2 is 2.18 bits per heavy atom. The number of sulfonamides is 1. The van der Waals surface area contributed by atoms with Crippen LogP contribution < -0.4 is 4.72 Å². The Kier molecular flexibility index (Phi) is 5.18. The number of piperidine rings is 1. The molecule has 1 aliphatic rings. The second-order valence-electron chi connectivity index (χ2n) is 5.82. The summed E-state index contributed by atoms with van der Waals surface area (Å²) in [5.41, 5.74) is 0.312. The van der Waals surface area contributed by atoms with Gasteiger partial charge in [-0.25, -0.2) is 17.5 Å². The van der Waals surface area contributed by atoms with Crippen LogP contribution in [0, 0.1) is 18.7 Å². The highest BCUT2D eigenvalue weighted by Crippen LogP contribution is 2.17. The van der Waals surface area contributed by atoms with E-state index in [2.05, 4.69) is 11.6 Å². The van der Waals surface area contributed by atoms with Gasteiger partial charge < -0.3 is 4.90 Å². The van der Waals surface area contributed by atoms with E-state index in [-0.39, 0.29) is 17.3 Å². The molecule has 2 rings (SSSR count). The van der Waals surface area contributed by atoms with Gasteiger partial charge in [-0.15, -0.1) is 0 Å². The number of nitrogens with one attached hydrogen (secondary N) is 1. The van der Waals surface area contributed by atoms with Crippen LogP contribution in [0.5, 0.6) is 0 Å². The number of carbonyl (C=O) groups excluding carboxylic acids is 1. The zero-order chi connectivity index (χ0) is 16.3. The van der Waals surface area contributed by atoms with Gasteiger partial charge in [0.15, 0.2) is 0 Å². The molecule has 22 heavy (non-hydrogen) atoms. The first-order chi connectivity index (χ1) is 10.3. The van der Waals surface area contributed by atoms with Crippen LogP contribution in [0.25, 0.3) is 0 Å². The third-order valence-corrected chi connectivity index (χ3v) is 5.41. The third-order valence-electron chi connectivity index (χ3n) is 3.85. The largest absolute Gasteiger partial charge is 0.341 e. The van der Waals surface area contributed by atoms with Gasteiger partial charge >= 0.3 is 0 Å². The van der Waals surface area contributed by atoms with Gasteiger partial charge in [-0.2, -0.15) is 0 Å². The molecule has 5 nitrogen and oxygen atoms in total. The van der Waals surface area contributed by atoms with E-state index in [4.69, 9.17) is 0 Å². The zero-order valence-electron chi connectivity index (χ0n) is 12.8. The van der Waals surface area contributed by atoms with Crippen LogP contribution in [0.2, 0.25) is 0 Å². The minimum absolute atomic E-state index is 0.00582. The van der Waals surface area contributed by atoms with Crippen molar-refractivity contribution in [3.05, 3.63) is 29.6 Å². The van der Waals surface area contributed by atoms with Gasteiger partial charge in [0.1, 0.15) is 5.82 Å². The van der Waals surface area contributed by atoms with Crippen molar-refractivity contribution >= 4 is 15.9 Å². The first-order valence-corrected chi connectivity index (χ1v) is 8.81. The molecule has 1 fully saturated rings. The average Bonchev–Trinajstić information content (AvgIpc) is 2.44. The minimum atomic E-state index is -3.82. The van der Waals surface area contributed by atoms with Crippen LogP contribution in [0.1, 0.15) is 25.3 Å². The summed E-state index contributed by atoms with van der Waals surface area (Å²) in [6.07, 6.45) is 2.03. The number of amides is 1. The molecule has 1 saturated heterocycles. The Labute approximate surface area is 130 Å². The quantitative estimate of drug-likeness (QED) is 0.914. The molecule has 0 spiro atoms. The number of hydrogen-bond acceptors (Lipinski definition) is 3. The van der Waals surface area contributed by atoms with Crippen molar-refractivity contribution in [1.29, 1.82) is 0 Å². The fourth-order valence-electron chi connectivity index (χ4n) is 2.68. The van der Waals surface area contributed by atoms with Crippen molar-refractivity contribution in [1.82, 2.24) is 9.62 Å². The summed E-state index contributed by atoms with van der Waals surface area (Å²) in [6, 6.07) is 3.46. The number of likely N-dealkylation sites (tertiary alicyclic amines) is 1. The minimum Gasteiger partial charge on any atom is -0.341 e. The molecule has 1 atom stereocenters. The normalized spacial score (nSPS) is 19.2. The molecule has 1 N–H and O–H groups in total. The molecule has 1 aromatic carbocycles. The van der Waals surface area contributed by atoms with Crippen LogP contribution in [0.15, 0.2) is 23.1 Å². The van der Waals surface area contributed by atoms with E-state index in [1.165, 1.54) is 13.0 Å². The molecule has 122 valence electrons. The molecular formula is C15H21FN2O3S. The molecule has 1 aromatic rings. The second kappa shape index (κ2) is 6.75. The van der Waals surface area contributed by atoms with Crippen molar-refractivity contribution in [3.63, 3.8) is 0 Å². The smallest absolute Gasteiger partial charge is 0.241 e. The van der Waals surface area contributed by atoms with Gasteiger partial charge in [-0.3, -0.25) is 4.79 Å². The highest BCUT2D eigenvalue weighted by Gasteiger charge is 2.23. The lowest BCUT2D eigenvalue weighted by molar-refractivity contribution is -0.131. The molecule has 1 unspecified atom stereocenters. The van der Waals surface area contributed by atoms with E-state index >= 15 is 0 Å².